The summed E-state index contributed by atoms with van der Waals surface area (Å²) in [7, 11) is 0. The monoisotopic (exact) mass is 460 g/mol. The Morgan fingerprint density at radius 3 is 2.53 bits per heavy atom. The summed E-state index contributed by atoms with van der Waals surface area (Å²) >= 11 is 13.7. The standard InChI is InChI=1S/C22H18Cl2N2O3S/c1-13-18(14-6-3-2-4-7-14)19-21(30-13)25-12-26(22(19)28)10-15(27)11-29-20-16(23)8-5-9-17(20)24/h2-9,12,15,27H,10-11H2,1H3. The van der Waals surface area contributed by atoms with Gasteiger partial charge in [0.25, 0.3) is 5.56 Å². The van der Waals surface area contributed by atoms with Gasteiger partial charge in [-0.3, -0.25) is 9.36 Å². The largest absolute Gasteiger partial charge is 0.488 e. The molecule has 4 aromatic rings. The molecule has 0 saturated heterocycles. The van der Waals surface area contributed by atoms with Gasteiger partial charge < -0.3 is 9.84 Å². The summed E-state index contributed by atoms with van der Waals surface area (Å²) in [5.74, 6) is 0.306. The predicted octanol–water partition coefficient (Wildman–Crippen LogP) is 5.18. The molecule has 154 valence electrons. The van der Waals surface area contributed by atoms with Gasteiger partial charge in [-0.25, -0.2) is 4.98 Å². The molecule has 0 aliphatic rings. The fraction of sp³-hybridized carbons (Fsp3) is 0.182. The highest BCUT2D eigenvalue weighted by atomic mass is 35.5. The average Bonchev–Trinajstić information content (AvgIpc) is 3.07. The zero-order valence-corrected chi connectivity index (χ0v) is 18.3. The van der Waals surface area contributed by atoms with Crippen LogP contribution in [0.3, 0.4) is 0 Å². The molecule has 0 aliphatic heterocycles. The van der Waals surface area contributed by atoms with Crippen molar-refractivity contribution in [2.45, 2.75) is 19.6 Å². The molecule has 2 heterocycles. The lowest BCUT2D eigenvalue weighted by molar-refractivity contribution is 0.0916. The van der Waals surface area contributed by atoms with Gasteiger partial charge in [0, 0.05) is 10.4 Å². The Morgan fingerprint density at radius 2 is 1.83 bits per heavy atom. The highest BCUT2D eigenvalue weighted by Crippen LogP contribution is 2.35. The average molecular weight is 461 g/mol. The number of aliphatic hydroxyl groups is 1. The molecule has 2 aromatic carbocycles. The maximum absolute atomic E-state index is 13.2. The van der Waals surface area contributed by atoms with Gasteiger partial charge in [0.05, 0.1) is 28.3 Å². The number of ether oxygens (including phenoxy) is 1. The molecule has 0 amide bonds. The first-order valence-corrected chi connectivity index (χ1v) is 10.8. The van der Waals surface area contributed by atoms with Crippen LogP contribution in [0.4, 0.5) is 0 Å². The Kier molecular flexibility index (Phi) is 6.11. The number of rotatable bonds is 6. The Hall–Kier alpha value is -2.38. The normalized spacial score (nSPS) is 12.3. The minimum Gasteiger partial charge on any atom is -0.488 e. The second-order valence-corrected chi connectivity index (χ2v) is 8.81. The van der Waals surface area contributed by atoms with Gasteiger partial charge in [-0.15, -0.1) is 11.3 Å². The molecule has 0 aliphatic carbocycles. The molecule has 1 unspecified atom stereocenters. The van der Waals surface area contributed by atoms with Crippen molar-refractivity contribution in [3.8, 4) is 16.9 Å². The Labute approximate surface area is 187 Å². The number of fused-ring (bicyclic) bond motifs is 1. The van der Waals surface area contributed by atoms with Crippen molar-refractivity contribution in [2.24, 2.45) is 0 Å². The zero-order chi connectivity index (χ0) is 21.3. The van der Waals surface area contributed by atoms with Gasteiger partial charge >= 0.3 is 0 Å². The van der Waals surface area contributed by atoms with E-state index >= 15 is 0 Å². The molecule has 0 fully saturated rings. The van der Waals surface area contributed by atoms with Crippen molar-refractivity contribution in [1.82, 2.24) is 9.55 Å². The van der Waals surface area contributed by atoms with Gasteiger partial charge in [0.2, 0.25) is 0 Å². The minimum atomic E-state index is -0.950. The first kappa shape index (κ1) is 20.9. The van der Waals surface area contributed by atoms with E-state index in [1.54, 1.807) is 18.2 Å². The van der Waals surface area contributed by atoms with Crippen molar-refractivity contribution < 1.29 is 9.84 Å². The van der Waals surface area contributed by atoms with E-state index in [1.165, 1.54) is 22.2 Å². The van der Waals surface area contributed by atoms with Crippen LogP contribution in [0.2, 0.25) is 10.0 Å². The van der Waals surface area contributed by atoms with Crippen LogP contribution in [0.25, 0.3) is 21.3 Å². The molecule has 0 radical (unpaired) electrons. The molecule has 0 bridgehead atoms. The quantitative estimate of drug-likeness (QED) is 0.430. The molecule has 1 atom stereocenters. The number of nitrogens with zero attached hydrogens (tertiary/aromatic N) is 2. The maximum atomic E-state index is 13.2. The van der Waals surface area contributed by atoms with E-state index in [2.05, 4.69) is 4.98 Å². The molecule has 8 heteroatoms. The van der Waals surface area contributed by atoms with E-state index < -0.39 is 6.10 Å². The molecule has 0 spiro atoms. The number of aryl methyl sites for hydroxylation is 1. The van der Waals surface area contributed by atoms with Gasteiger partial charge in [0.15, 0.2) is 5.75 Å². The molecule has 5 nitrogen and oxygen atoms in total. The summed E-state index contributed by atoms with van der Waals surface area (Å²) in [6.07, 6.45) is 0.510. The molecular formula is C22H18Cl2N2O3S. The second kappa shape index (κ2) is 8.78. The summed E-state index contributed by atoms with van der Waals surface area (Å²) in [6.45, 7) is 1.95. The Balaban J connectivity index is 1.61. The molecule has 30 heavy (non-hydrogen) atoms. The number of halogens is 2. The highest BCUT2D eigenvalue weighted by molar-refractivity contribution is 7.19. The van der Waals surface area contributed by atoms with Crippen LogP contribution in [-0.4, -0.2) is 27.4 Å². The number of aromatic nitrogens is 2. The predicted molar refractivity (Wildman–Crippen MR) is 122 cm³/mol. The second-order valence-electron chi connectivity index (χ2n) is 6.80. The van der Waals surface area contributed by atoms with Crippen molar-refractivity contribution >= 4 is 44.8 Å². The van der Waals surface area contributed by atoms with Crippen molar-refractivity contribution in [1.29, 1.82) is 0 Å². The summed E-state index contributed by atoms with van der Waals surface area (Å²) in [5.41, 5.74) is 1.66. The van der Waals surface area contributed by atoms with Crippen LogP contribution in [0.15, 0.2) is 59.7 Å². The number of hydrogen-bond donors (Lipinski definition) is 1. The fourth-order valence-electron chi connectivity index (χ4n) is 3.30. The third-order valence-corrected chi connectivity index (χ3v) is 6.27. The van der Waals surface area contributed by atoms with Crippen LogP contribution < -0.4 is 10.3 Å². The van der Waals surface area contributed by atoms with Crippen LogP contribution in [0, 0.1) is 6.92 Å². The van der Waals surface area contributed by atoms with Crippen molar-refractivity contribution in [2.75, 3.05) is 6.61 Å². The van der Waals surface area contributed by atoms with E-state index in [0.29, 0.717) is 26.0 Å². The number of thiophene rings is 1. The lowest BCUT2D eigenvalue weighted by Gasteiger charge is -2.15. The molecule has 4 rings (SSSR count). The number of para-hydroxylation sites is 1. The van der Waals surface area contributed by atoms with Gasteiger partial charge in [0.1, 0.15) is 17.5 Å². The summed E-state index contributed by atoms with van der Waals surface area (Å²) < 4.78 is 6.98. The van der Waals surface area contributed by atoms with E-state index in [0.717, 1.165) is 16.0 Å². The van der Waals surface area contributed by atoms with Crippen LogP contribution in [0.5, 0.6) is 5.75 Å². The van der Waals surface area contributed by atoms with E-state index in [1.807, 2.05) is 37.3 Å². The Morgan fingerprint density at radius 1 is 1.13 bits per heavy atom. The van der Waals surface area contributed by atoms with Gasteiger partial charge in [-0.2, -0.15) is 0 Å². The van der Waals surface area contributed by atoms with Gasteiger partial charge in [-0.05, 0) is 24.6 Å². The highest BCUT2D eigenvalue weighted by Gasteiger charge is 2.18. The van der Waals surface area contributed by atoms with E-state index in [9.17, 15) is 9.90 Å². The van der Waals surface area contributed by atoms with E-state index in [-0.39, 0.29) is 18.7 Å². The van der Waals surface area contributed by atoms with Crippen molar-refractivity contribution in [3.05, 3.63) is 80.1 Å². The summed E-state index contributed by atoms with van der Waals surface area (Å²) in [4.78, 5) is 19.3. The lowest BCUT2D eigenvalue weighted by atomic mass is 10.0. The lowest BCUT2D eigenvalue weighted by Crippen LogP contribution is -2.30. The van der Waals surface area contributed by atoms with Crippen LogP contribution in [0.1, 0.15) is 4.88 Å². The SMILES string of the molecule is Cc1sc2ncn(CC(O)COc3c(Cl)cccc3Cl)c(=O)c2c1-c1ccccc1. The molecule has 0 saturated carbocycles. The third kappa shape index (κ3) is 4.09. The maximum Gasteiger partial charge on any atom is 0.262 e. The third-order valence-electron chi connectivity index (χ3n) is 4.66. The number of aliphatic hydroxyl groups excluding tert-OH is 1. The topological polar surface area (TPSA) is 64.3 Å². The number of hydrogen-bond acceptors (Lipinski definition) is 5. The molecular weight excluding hydrogens is 443 g/mol. The Bertz CT molecular complexity index is 1230. The van der Waals surface area contributed by atoms with Crippen LogP contribution in [-0.2, 0) is 6.54 Å². The fourth-order valence-corrected chi connectivity index (χ4v) is 4.81. The van der Waals surface area contributed by atoms with E-state index in [4.69, 9.17) is 27.9 Å². The molecule has 1 N–H and O–H groups in total. The van der Waals surface area contributed by atoms with Crippen LogP contribution >= 0.6 is 34.5 Å². The minimum absolute atomic E-state index is 0.0347. The number of benzene rings is 2. The first-order chi connectivity index (χ1) is 14.5. The van der Waals surface area contributed by atoms with Gasteiger partial charge in [-0.1, -0.05) is 59.6 Å². The first-order valence-electron chi connectivity index (χ1n) is 9.24. The summed E-state index contributed by atoms with van der Waals surface area (Å²) in [6, 6.07) is 14.8. The smallest absolute Gasteiger partial charge is 0.262 e. The zero-order valence-electron chi connectivity index (χ0n) is 16.0. The summed E-state index contributed by atoms with van der Waals surface area (Å²) in [5, 5.41) is 11.7. The molecule has 2 aromatic heterocycles. The van der Waals surface area contributed by atoms with Crippen molar-refractivity contribution in [3.63, 3.8) is 0 Å².